The van der Waals surface area contributed by atoms with Crippen molar-refractivity contribution >= 4 is 11.7 Å². The van der Waals surface area contributed by atoms with Crippen molar-refractivity contribution in [3.8, 4) is 5.75 Å². The van der Waals surface area contributed by atoms with Gasteiger partial charge in [-0.25, -0.2) is 9.78 Å². The van der Waals surface area contributed by atoms with Crippen molar-refractivity contribution in [1.29, 1.82) is 0 Å². The second-order valence-corrected chi connectivity index (χ2v) is 6.41. The molecule has 0 radical (unpaired) electrons. The second-order valence-electron chi connectivity index (χ2n) is 6.41. The maximum absolute atomic E-state index is 12.2. The number of ether oxygens (including phenoxy) is 1. The van der Waals surface area contributed by atoms with Crippen LogP contribution in [0.3, 0.4) is 0 Å². The Morgan fingerprint density at radius 3 is 2.81 bits per heavy atom. The largest absolute Gasteiger partial charge is 0.495 e. The van der Waals surface area contributed by atoms with Crippen LogP contribution in [-0.4, -0.2) is 29.2 Å². The number of para-hydroxylation sites is 2. The van der Waals surface area contributed by atoms with Crippen LogP contribution in [0.15, 0.2) is 41.5 Å². The number of carbonyl (C=O) groups excluding carboxylic acids is 1. The molecule has 2 amide bonds. The topological polar surface area (TPSA) is 85.2 Å². The van der Waals surface area contributed by atoms with E-state index >= 15 is 0 Å². The van der Waals surface area contributed by atoms with Crippen LogP contribution in [0, 0.1) is 0 Å². The number of methoxy groups -OCH3 is 1. The van der Waals surface area contributed by atoms with E-state index in [-0.39, 0.29) is 11.6 Å². The summed E-state index contributed by atoms with van der Waals surface area (Å²) >= 11 is 0. The van der Waals surface area contributed by atoms with E-state index in [4.69, 9.17) is 4.74 Å². The molecule has 0 unspecified atom stereocenters. The minimum Gasteiger partial charge on any atom is -0.495 e. The van der Waals surface area contributed by atoms with Crippen LogP contribution in [-0.2, 0) is 6.54 Å². The number of anilines is 1. The molecule has 1 aliphatic carbocycles. The average molecular weight is 356 g/mol. The lowest BCUT2D eigenvalue weighted by molar-refractivity contribution is 0.251. The molecule has 0 bridgehead atoms. The average Bonchev–Trinajstić information content (AvgIpc) is 3.18. The fraction of sp³-hybridized carbons (Fsp3) is 0.421. The van der Waals surface area contributed by atoms with Crippen LogP contribution in [0.25, 0.3) is 0 Å². The van der Waals surface area contributed by atoms with Crippen molar-refractivity contribution in [2.75, 3.05) is 19.0 Å². The zero-order valence-corrected chi connectivity index (χ0v) is 14.9. The van der Waals surface area contributed by atoms with Crippen molar-refractivity contribution in [3.05, 3.63) is 52.7 Å². The first-order valence-corrected chi connectivity index (χ1v) is 8.91. The third kappa shape index (κ3) is 4.41. The predicted octanol–water partition coefficient (Wildman–Crippen LogP) is 2.73. The van der Waals surface area contributed by atoms with Crippen molar-refractivity contribution in [1.82, 2.24) is 14.9 Å². The van der Waals surface area contributed by atoms with E-state index in [0.29, 0.717) is 30.4 Å². The van der Waals surface area contributed by atoms with Crippen LogP contribution in [0.1, 0.15) is 37.3 Å². The monoisotopic (exact) mass is 356 g/mol. The zero-order valence-electron chi connectivity index (χ0n) is 14.9. The number of urea groups is 1. The first kappa shape index (κ1) is 18.0. The summed E-state index contributed by atoms with van der Waals surface area (Å²) < 4.78 is 6.71. The number of aromatic nitrogens is 2. The third-order valence-electron chi connectivity index (χ3n) is 4.67. The minimum atomic E-state index is -0.349. The maximum atomic E-state index is 12.2. The Balaban J connectivity index is 1.51. The molecule has 7 heteroatoms. The summed E-state index contributed by atoms with van der Waals surface area (Å²) in [5.41, 5.74) is 1.41. The molecular formula is C19H24N4O3. The van der Waals surface area contributed by atoms with Gasteiger partial charge in [-0.2, -0.15) is 0 Å². The van der Waals surface area contributed by atoms with Gasteiger partial charge in [-0.05, 0) is 25.0 Å². The molecule has 1 fully saturated rings. The van der Waals surface area contributed by atoms with Gasteiger partial charge in [-0.1, -0.05) is 25.0 Å². The van der Waals surface area contributed by atoms with E-state index in [9.17, 15) is 9.59 Å². The Kier molecular flexibility index (Phi) is 5.88. The van der Waals surface area contributed by atoms with Gasteiger partial charge in [-0.15, -0.1) is 0 Å². The Bertz CT molecular complexity index is 812. The molecule has 2 aromatic rings. The first-order valence-electron chi connectivity index (χ1n) is 8.91. The van der Waals surface area contributed by atoms with E-state index in [0.717, 1.165) is 18.5 Å². The number of benzene rings is 1. The number of hydrogen-bond donors (Lipinski definition) is 2. The Hall–Kier alpha value is -2.83. The SMILES string of the molecule is COc1ccccc1NC(=O)NCCn1cnc(C2CCCC2)cc1=O. The molecule has 1 heterocycles. The molecule has 138 valence electrons. The molecule has 1 saturated carbocycles. The van der Waals surface area contributed by atoms with E-state index in [1.807, 2.05) is 12.1 Å². The highest BCUT2D eigenvalue weighted by atomic mass is 16.5. The van der Waals surface area contributed by atoms with Crippen molar-refractivity contribution in [3.63, 3.8) is 0 Å². The Morgan fingerprint density at radius 1 is 1.31 bits per heavy atom. The number of rotatable bonds is 6. The number of hydrogen-bond acceptors (Lipinski definition) is 4. The smallest absolute Gasteiger partial charge is 0.319 e. The van der Waals surface area contributed by atoms with Gasteiger partial charge in [0.25, 0.3) is 5.56 Å². The van der Waals surface area contributed by atoms with E-state index in [1.54, 1.807) is 31.6 Å². The van der Waals surface area contributed by atoms with Crippen LogP contribution in [0.5, 0.6) is 5.75 Å². The first-order chi connectivity index (χ1) is 12.7. The predicted molar refractivity (Wildman–Crippen MR) is 99.7 cm³/mol. The summed E-state index contributed by atoms with van der Waals surface area (Å²) in [5, 5.41) is 5.47. The van der Waals surface area contributed by atoms with Crippen molar-refractivity contribution < 1.29 is 9.53 Å². The molecule has 1 aromatic carbocycles. The molecule has 0 aliphatic heterocycles. The highest BCUT2D eigenvalue weighted by molar-refractivity contribution is 5.90. The lowest BCUT2D eigenvalue weighted by atomic mass is 10.0. The normalized spacial score (nSPS) is 14.2. The summed E-state index contributed by atoms with van der Waals surface area (Å²) in [5.74, 6) is 1.01. The molecule has 0 spiro atoms. The van der Waals surface area contributed by atoms with Gasteiger partial charge in [0.05, 0.1) is 24.8 Å². The second kappa shape index (κ2) is 8.51. The zero-order chi connectivity index (χ0) is 18.4. The summed E-state index contributed by atoms with van der Waals surface area (Å²) in [6.07, 6.45) is 6.22. The molecular weight excluding hydrogens is 332 g/mol. The molecule has 0 saturated heterocycles. The van der Waals surface area contributed by atoms with Gasteiger partial charge in [0.1, 0.15) is 5.75 Å². The molecule has 1 aliphatic rings. The number of nitrogens with zero attached hydrogens (tertiary/aromatic N) is 2. The van der Waals surface area contributed by atoms with Crippen molar-refractivity contribution in [2.45, 2.75) is 38.1 Å². The highest BCUT2D eigenvalue weighted by Crippen LogP contribution is 2.32. The quantitative estimate of drug-likeness (QED) is 0.833. The lowest BCUT2D eigenvalue weighted by Gasteiger charge is -2.12. The molecule has 0 atom stereocenters. The van der Waals surface area contributed by atoms with Crippen LogP contribution >= 0.6 is 0 Å². The summed E-state index contributed by atoms with van der Waals surface area (Å²) in [6.45, 7) is 0.696. The number of carbonyl (C=O) groups is 1. The van der Waals surface area contributed by atoms with E-state index in [2.05, 4.69) is 15.6 Å². The molecule has 2 N–H and O–H groups in total. The number of amides is 2. The van der Waals surface area contributed by atoms with Crippen LogP contribution < -0.4 is 20.9 Å². The summed E-state index contributed by atoms with van der Waals surface area (Å²) in [4.78, 5) is 28.7. The van der Waals surface area contributed by atoms with Gasteiger partial charge < -0.3 is 15.4 Å². The molecule has 3 rings (SSSR count). The summed E-state index contributed by atoms with van der Waals surface area (Å²) in [7, 11) is 1.55. The minimum absolute atomic E-state index is 0.0752. The van der Waals surface area contributed by atoms with Crippen LogP contribution in [0.4, 0.5) is 10.5 Å². The van der Waals surface area contributed by atoms with E-state index in [1.165, 1.54) is 17.4 Å². The lowest BCUT2D eigenvalue weighted by Crippen LogP contribution is -2.34. The van der Waals surface area contributed by atoms with E-state index < -0.39 is 0 Å². The van der Waals surface area contributed by atoms with Gasteiger partial charge >= 0.3 is 6.03 Å². The summed E-state index contributed by atoms with van der Waals surface area (Å²) in [6, 6.07) is 8.45. The van der Waals surface area contributed by atoms with Gasteiger partial charge in [0.15, 0.2) is 0 Å². The van der Waals surface area contributed by atoms with Gasteiger partial charge in [-0.3, -0.25) is 9.36 Å². The van der Waals surface area contributed by atoms with Crippen LogP contribution in [0.2, 0.25) is 0 Å². The molecule has 26 heavy (non-hydrogen) atoms. The fourth-order valence-electron chi connectivity index (χ4n) is 3.26. The van der Waals surface area contributed by atoms with Gasteiger partial charge in [0.2, 0.25) is 0 Å². The standard InChI is InChI=1S/C19H24N4O3/c1-26-17-9-5-4-8-15(17)22-19(25)20-10-11-23-13-21-16(12-18(23)24)14-6-2-3-7-14/h4-5,8-9,12-14H,2-3,6-7,10-11H2,1H3,(H2,20,22,25). The van der Waals surface area contributed by atoms with Gasteiger partial charge in [0, 0.05) is 25.1 Å². The fourth-order valence-corrected chi connectivity index (χ4v) is 3.26. The maximum Gasteiger partial charge on any atom is 0.319 e. The Morgan fingerprint density at radius 2 is 2.08 bits per heavy atom. The third-order valence-corrected chi connectivity index (χ3v) is 4.67. The molecule has 1 aromatic heterocycles. The molecule has 7 nitrogen and oxygen atoms in total. The Labute approximate surface area is 152 Å². The highest BCUT2D eigenvalue weighted by Gasteiger charge is 2.18. The van der Waals surface area contributed by atoms with Crippen molar-refractivity contribution in [2.24, 2.45) is 0 Å². The number of nitrogens with one attached hydrogen (secondary N) is 2.